The SMILES string of the molecule is O=S(=O)(Nc1cscn1)c1c(F)cc(N[C@@H]2C[C@H](N3CCC3)c3ccccc32)cc1F. The summed E-state index contributed by atoms with van der Waals surface area (Å²) >= 11 is 1.17. The van der Waals surface area contributed by atoms with E-state index in [4.69, 9.17) is 0 Å². The molecule has 2 heterocycles. The molecule has 0 amide bonds. The van der Waals surface area contributed by atoms with Crippen LogP contribution in [0.25, 0.3) is 0 Å². The Kier molecular flexibility index (Phi) is 5.15. The van der Waals surface area contributed by atoms with Gasteiger partial charge in [-0.15, -0.1) is 11.3 Å². The minimum Gasteiger partial charge on any atom is -0.378 e. The van der Waals surface area contributed by atoms with Gasteiger partial charge in [0.05, 0.1) is 11.6 Å². The predicted molar refractivity (Wildman–Crippen MR) is 116 cm³/mol. The van der Waals surface area contributed by atoms with E-state index in [1.807, 2.05) is 18.2 Å². The highest BCUT2D eigenvalue weighted by atomic mass is 32.2. The zero-order valence-corrected chi connectivity index (χ0v) is 18.0. The minimum atomic E-state index is -4.44. The van der Waals surface area contributed by atoms with Crippen molar-refractivity contribution in [1.29, 1.82) is 0 Å². The molecule has 0 spiro atoms. The summed E-state index contributed by atoms with van der Waals surface area (Å²) in [5.41, 5.74) is 3.95. The standard InChI is InChI=1S/C21H20F2N4O2S2/c22-16-8-13(9-17(23)21(16)31(28,29)26-20-11-30-12-24-20)25-18-10-19(27-6-3-7-27)15-5-2-1-4-14(15)18/h1-2,4-5,8-9,11-12,18-19,25-26H,3,6-7,10H2/t18-,19+/m1/s1. The molecule has 10 heteroatoms. The predicted octanol–water partition coefficient (Wildman–Crippen LogP) is 4.53. The van der Waals surface area contributed by atoms with Crippen molar-refractivity contribution in [2.24, 2.45) is 0 Å². The van der Waals surface area contributed by atoms with Gasteiger partial charge < -0.3 is 5.32 Å². The summed E-state index contributed by atoms with van der Waals surface area (Å²) in [6, 6.07) is 10.3. The van der Waals surface area contributed by atoms with E-state index in [2.05, 4.69) is 26.0 Å². The molecule has 31 heavy (non-hydrogen) atoms. The Morgan fingerprint density at radius 1 is 1.10 bits per heavy atom. The Balaban J connectivity index is 1.41. The van der Waals surface area contributed by atoms with Crippen molar-refractivity contribution in [3.8, 4) is 0 Å². The highest BCUT2D eigenvalue weighted by Crippen LogP contribution is 2.45. The van der Waals surface area contributed by atoms with E-state index >= 15 is 0 Å². The number of anilines is 2. The molecule has 1 aromatic heterocycles. The fraction of sp³-hybridized carbons (Fsp3) is 0.286. The second kappa shape index (κ2) is 7.85. The molecule has 2 N–H and O–H groups in total. The Hall–Kier alpha value is -2.56. The molecule has 0 bridgehead atoms. The summed E-state index contributed by atoms with van der Waals surface area (Å²) in [6.07, 6.45) is 1.96. The smallest absolute Gasteiger partial charge is 0.268 e. The molecule has 1 saturated heterocycles. The highest BCUT2D eigenvalue weighted by molar-refractivity contribution is 7.92. The number of benzene rings is 2. The Labute approximate surface area is 183 Å². The van der Waals surface area contributed by atoms with Gasteiger partial charge in [0, 0.05) is 17.1 Å². The normalized spacial score (nSPS) is 20.8. The van der Waals surface area contributed by atoms with Crippen molar-refractivity contribution < 1.29 is 17.2 Å². The first-order valence-corrected chi connectivity index (χ1v) is 12.3. The van der Waals surface area contributed by atoms with Crippen molar-refractivity contribution >= 4 is 32.9 Å². The van der Waals surface area contributed by atoms with Gasteiger partial charge in [0.2, 0.25) is 0 Å². The van der Waals surface area contributed by atoms with Crippen molar-refractivity contribution in [2.75, 3.05) is 23.1 Å². The van der Waals surface area contributed by atoms with Crippen molar-refractivity contribution in [2.45, 2.75) is 29.8 Å². The quantitative estimate of drug-likeness (QED) is 0.563. The first kappa shape index (κ1) is 20.3. The van der Waals surface area contributed by atoms with Crippen molar-refractivity contribution in [3.05, 3.63) is 70.1 Å². The lowest BCUT2D eigenvalue weighted by molar-refractivity contribution is 0.116. The van der Waals surface area contributed by atoms with E-state index in [9.17, 15) is 17.2 Å². The van der Waals surface area contributed by atoms with Gasteiger partial charge in [0.1, 0.15) is 11.6 Å². The van der Waals surface area contributed by atoms with E-state index in [0.717, 1.165) is 37.2 Å². The van der Waals surface area contributed by atoms with Gasteiger partial charge in [-0.1, -0.05) is 24.3 Å². The van der Waals surface area contributed by atoms with E-state index in [1.54, 1.807) is 0 Å². The van der Waals surface area contributed by atoms with Crippen LogP contribution in [0.4, 0.5) is 20.3 Å². The fourth-order valence-electron chi connectivity index (χ4n) is 4.30. The third-order valence-corrected chi connectivity index (χ3v) is 7.79. The van der Waals surface area contributed by atoms with Crippen LogP contribution in [0.5, 0.6) is 0 Å². The molecule has 1 fully saturated rings. The van der Waals surface area contributed by atoms with Gasteiger partial charge in [-0.25, -0.2) is 22.2 Å². The zero-order valence-electron chi connectivity index (χ0n) is 16.4. The topological polar surface area (TPSA) is 74.3 Å². The number of likely N-dealkylation sites (tertiary alicyclic amines) is 1. The van der Waals surface area contributed by atoms with Crippen molar-refractivity contribution in [1.82, 2.24) is 9.88 Å². The Morgan fingerprint density at radius 2 is 1.81 bits per heavy atom. The fourth-order valence-corrected chi connectivity index (χ4v) is 5.98. The highest BCUT2D eigenvalue weighted by Gasteiger charge is 2.36. The lowest BCUT2D eigenvalue weighted by Crippen LogP contribution is -2.39. The molecule has 0 radical (unpaired) electrons. The van der Waals surface area contributed by atoms with E-state index in [1.165, 1.54) is 34.2 Å². The molecule has 1 aliphatic heterocycles. The molecule has 6 nitrogen and oxygen atoms in total. The molecule has 0 saturated carbocycles. The number of halogens is 2. The van der Waals surface area contributed by atoms with Crippen molar-refractivity contribution in [3.63, 3.8) is 0 Å². The summed E-state index contributed by atoms with van der Waals surface area (Å²) in [6.45, 7) is 2.10. The second-order valence-corrected chi connectivity index (χ2v) is 10.1. The monoisotopic (exact) mass is 462 g/mol. The minimum absolute atomic E-state index is 0.0191. The number of thiazole rings is 1. The van der Waals surface area contributed by atoms with Gasteiger partial charge in [-0.05, 0) is 49.2 Å². The first-order valence-electron chi connectivity index (χ1n) is 9.92. The van der Waals surface area contributed by atoms with Crippen LogP contribution in [0, 0.1) is 11.6 Å². The van der Waals surface area contributed by atoms with Gasteiger partial charge in [0.25, 0.3) is 10.0 Å². The average molecular weight is 463 g/mol. The number of aromatic nitrogens is 1. The van der Waals surface area contributed by atoms with Crippen LogP contribution >= 0.6 is 11.3 Å². The summed E-state index contributed by atoms with van der Waals surface area (Å²) < 4.78 is 56.5. The molecular formula is C21H20F2N4O2S2. The van der Waals surface area contributed by atoms with Crippen LogP contribution in [0.2, 0.25) is 0 Å². The maximum absolute atomic E-state index is 14.7. The maximum atomic E-state index is 14.7. The lowest BCUT2D eigenvalue weighted by Gasteiger charge is -2.37. The number of fused-ring (bicyclic) bond motifs is 1. The number of nitrogens with zero attached hydrogens (tertiary/aromatic N) is 2. The van der Waals surface area contributed by atoms with Crippen LogP contribution < -0.4 is 10.0 Å². The average Bonchev–Trinajstić information content (AvgIpc) is 3.28. The largest absolute Gasteiger partial charge is 0.378 e. The number of hydrogen-bond acceptors (Lipinski definition) is 6. The van der Waals surface area contributed by atoms with E-state index in [-0.39, 0.29) is 23.6 Å². The Bertz CT molecular complexity index is 1190. The molecule has 3 aromatic rings. The van der Waals surface area contributed by atoms with Crippen LogP contribution in [0.15, 0.2) is 52.2 Å². The number of rotatable bonds is 6. The van der Waals surface area contributed by atoms with Crippen LogP contribution in [0.3, 0.4) is 0 Å². The third-order valence-electron chi connectivity index (χ3n) is 5.80. The zero-order chi connectivity index (χ0) is 21.6. The molecule has 0 unspecified atom stereocenters. The molecular weight excluding hydrogens is 442 g/mol. The van der Waals surface area contributed by atoms with Gasteiger partial charge in [0.15, 0.2) is 10.7 Å². The number of hydrogen-bond donors (Lipinski definition) is 2. The second-order valence-electron chi connectivity index (χ2n) is 7.72. The molecule has 1 aliphatic carbocycles. The number of nitrogens with one attached hydrogen (secondary N) is 2. The summed E-state index contributed by atoms with van der Waals surface area (Å²) in [5.74, 6) is -2.29. The van der Waals surface area contributed by atoms with Gasteiger partial charge in [-0.3, -0.25) is 9.62 Å². The molecule has 2 aliphatic rings. The molecule has 5 rings (SSSR count). The molecule has 162 valence electrons. The summed E-state index contributed by atoms with van der Waals surface area (Å²) in [5, 5.41) is 4.64. The third kappa shape index (κ3) is 3.79. The number of sulfonamides is 1. The molecule has 2 atom stereocenters. The lowest BCUT2D eigenvalue weighted by atomic mass is 10.0. The van der Waals surface area contributed by atoms with E-state index in [0.29, 0.717) is 0 Å². The van der Waals surface area contributed by atoms with Crippen LogP contribution in [0.1, 0.15) is 36.1 Å². The Morgan fingerprint density at radius 3 is 2.42 bits per heavy atom. The molecule has 2 aromatic carbocycles. The van der Waals surface area contributed by atoms with Crippen LogP contribution in [-0.4, -0.2) is 31.4 Å². The van der Waals surface area contributed by atoms with Gasteiger partial charge in [-0.2, -0.15) is 0 Å². The van der Waals surface area contributed by atoms with E-state index < -0.39 is 26.6 Å². The van der Waals surface area contributed by atoms with Gasteiger partial charge >= 0.3 is 0 Å². The first-order chi connectivity index (χ1) is 14.9. The maximum Gasteiger partial charge on any atom is 0.268 e. The summed E-state index contributed by atoms with van der Waals surface area (Å²) in [4.78, 5) is 5.18. The summed E-state index contributed by atoms with van der Waals surface area (Å²) in [7, 11) is -4.44. The van der Waals surface area contributed by atoms with Crippen LogP contribution in [-0.2, 0) is 10.0 Å².